The zero-order valence-corrected chi connectivity index (χ0v) is 12.3. The summed E-state index contributed by atoms with van der Waals surface area (Å²) >= 11 is 9.55. The smallest absolute Gasteiger partial charge is 0.0410 e. The summed E-state index contributed by atoms with van der Waals surface area (Å²) in [5.41, 5.74) is 1.26. The van der Waals surface area contributed by atoms with Gasteiger partial charge in [0.05, 0.1) is 0 Å². The zero-order chi connectivity index (χ0) is 12.1. The predicted octanol–water partition coefficient (Wildman–Crippen LogP) is 3.83. The van der Waals surface area contributed by atoms with Gasteiger partial charge in [0, 0.05) is 35.3 Å². The van der Waals surface area contributed by atoms with Gasteiger partial charge in [0.2, 0.25) is 0 Å². The second-order valence-electron chi connectivity index (χ2n) is 4.64. The van der Waals surface area contributed by atoms with Crippen molar-refractivity contribution in [3.05, 3.63) is 28.5 Å². The number of nitrogens with zero attached hydrogens (tertiary/aromatic N) is 2. The number of likely N-dealkylation sites (tertiary alicyclic amines) is 1. The van der Waals surface area contributed by atoms with Crippen molar-refractivity contribution in [2.75, 3.05) is 12.4 Å². The van der Waals surface area contributed by atoms with Gasteiger partial charge in [0.15, 0.2) is 0 Å². The molecule has 0 bridgehead atoms. The normalized spacial score (nSPS) is 22.4. The molecule has 0 spiro atoms. The van der Waals surface area contributed by atoms with Crippen LogP contribution < -0.4 is 0 Å². The van der Waals surface area contributed by atoms with Crippen molar-refractivity contribution in [2.45, 2.75) is 38.3 Å². The SMILES string of the molecule is ClCC1CCCCCN1Cc1cncc(Br)c1. The molecule has 0 saturated carbocycles. The molecule has 2 heterocycles. The van der Waals surface area contributed by atoms with Crippen molar-refractivity contribution in [2.24, 2.45) is 0 Å². The van der Waals surface area contributed by atoms with E-state index in [2.05, 4.69) is 31.9 Å². The number of aromatic nitrogens is 1. The molecule has 17 heavy (non-hydrogen) atoms. The summed E-state index contributed by atoms with van der Waals surface area (Å²) in [5.74, 6) is 0.738. The highest BCUT2D eigenvalue weighted by Gasteiger charge is 2.20. The van der Waals surface area contributed by atoms with Gasteiger partial charge in [-0.1, -0.05) is 12.8 Å². The molecular formula is C13H18BrClN2. The molecule has 0 aliphatic carbocycles. The van der Waals surface area contributed by atoms with Gasteiger partial charge >= 0.3 is 0 Å². The van der Waals surface area contributed by atoms with E-state index in [1.54, 1.807) is 0 Å². The molecule has 1 aromatic rings. The van der Waals surface area contributed by atoms with Crippen LogP contribution in [0.1, 0.15) is 31.2 Å². The Morgan fingerprint density at radius 2 is 2.24 bits per heavy atom. The molecular weight excluding hydrogens is 300 g/mol. The quantitative estimate of drug-likeness (QED) is 0.788. The molecule has 94 valence electrons. The highest BCUT2D eigenvalue weighted by Crippen LogP contribution is 2.21. The van der Waals surface area contributed by atoms with Crippen LogP contribution in [0.15, 0.2) is 22.9 Å². The number of alkyl halides is 1. The van der Waals surface area contributed by atoms with E-state index < -0.39 is 0 Å². The topological polar surface area (TPSA) is 16.1 Å². The number of pyridine rings is 1. The summed E-state index contributed by atoms with van der Waals surface area (Å²) in [7, 11) is 0. The van der Waals surface area contributed by atoms with Crippen molar-refractivity contribution < 1.29 is 0 Å². The number of halogens is 2. The molecule has 0 aromatic carbocycles. The third-order valence-corrected chi connectivity index (χ3v) is 4.11. The Balaban J connectivity index is 2.04. The first-order valence-electron chi connectivity index (χ1n) is 6.19. The van der Waals surface area contributed by atoms with Crippen LogP contribution in [0.25, 0.3) is 0 Å². The first-order chi connectivity index (χ1) is 8.29. The van der Waals surface area contributed by atoms with Crippen LogP contribution in [0, 0.1) is 0 Å². The minimum atomic E-state index is 0.526. The molecule has 1 fully saturated rings. The van der Waals surface area contributed by atoms with E-state index in [9.17, 15) is 0 Å². The summed E-state index contributed by atoms with van der Waals surface area (Å²) in [4.78, 5) is 6.72. The Bertz CT molecular complexity index is 359. The Labute approximate surface area is 116 Å². The number of rotatable bonds is 3. The molecule has 1 aliphatic heterocycles. The largest absolute Gasteiger partial charge is 0.295 e. The Morgan fingerprint density at radius 1 is 1.35 bits per heavy atom. The van der Waals surface area contributed by atoms with Crippen LogP contribution in [-0.4, -0.2) is 28.4 Å². The van der Waals surface area contributed by atoms with E-state index in [1.807, 2.05) is 12.4 Å². The lowest BCUT2D eigenvalue weighted by atomic mass is 10.1. The van der Waals surface area contributed by atoms with Crippen LogP contribution in [0.3, 0.4) is 0 Å². The Kier molecular flexibility index (Phi) is 5.26. The van der Waals surface area contributed by atoms with Crippen molar-refractivity contribution in [3.8, 4) is 0 Å². The lowest BCUT2D eigenvalue weighted by Crippen LogP contribution is -2.35. The fourth-order valence-corrected chi connectivity index (χ4v) is 3.16. The van der Waals surface area contributed by atoms with Crippen LogP contribution in [-0.2, 0) is 6.54 Å². The van der Waals surface area contributed by atoms with E-state index in [-0.39, 0.29) is 0 Å². The highest BCUT2D eigenvalue weighted by molar-refractivity contribution is 9.10. The minimum absolute atomic E-state index is 0.526. The molecule has 0 N–H and O–H groups in total. The van der Waals surface area contributed by atoms with E-state index >= 15 is 0 Å². The molecule has 2 nitrogen and oxygen atoms in total. The van der Waals surface area contributed by atoms with Crippen LogP contribution in [0.4, 0.5) is 0 Å². The molecule has 0 radical (unpaired) electrons. The second kappa shape index (κ2) is 6.72. The zero-order valence-electron chi connectivity index (χ0n) is 9.91. The Morgan fingerprint density at radius 3 is 3.00 bits per heavy atom. The summed E-state index contributed by atoms with van der Waals surface area (Å²) in [6.45, 7) is 2.12. The molecule has 0 amide bonds. The van der Waals surface area contributed by atoms with Gasteiger partial charge < -0.3 is 0 Å². The first kappa shape index (κ1) is 13.3. The summed E-state index contributed by atoms with van der Waals surface area (Å²) in [6, 6.07) is 2.67. The van der Waals surface area contributed by atoms with Crippen LogP contribution in [0.5, 0.6) is 0 Å². The van der Waals surface area contributed by atoms with Gasteiger partial charge in [0.1, 0.15) is 0 Å². The fraction of sp³-hybridized carbons (Fsp3) is 0.615. The molecule has 1 saturated heterocycles. The summed E-state index contributed by atoms with van der Waals surface area (Å²) < 4.78 is 1.05. The van der Waals surface area contributed by atoms with Crippen molar-refractivity contribution in [3.63, 3.8) is 0 Å². The highest BCUT2D eigenvalue weighted by atomic mass is 79.9. The van der Waals surface area contributed by atoms with Gasteiger partial charge in [-0.15, -0.1) is 11.6 Å². The number of hydrogen-bond acceptors (Lipinski definition) is 2. The average molecular weight is 318 g/mol. The standard InChI is InChI=1S/C13H18BrClN2/c14-12-6-11(8-16-9-12)10-17-5-3-1-2-4-13(17)7-15/h6,8-9,13H,1-5,7,10H2. The van der Waals surface area contributed by atoms with Crippen molar-refractivity contribution in [1.82, 2.24) is 9.88 Å². The van der Waals surface area contributed by atoms with E-state index in [4.69, 9.17) is 11.6 Å². The molecule has 1 unspecified atom stereocenters. The van der Waals surface area contributed by atoms with Gasteiger partial charge in [0.25, 0.3) is 0 Å². The fourth-order valence-electron chi connectivity index (χ4n) is 2.40. The average Bonchev–Trinajstić information content (AvgIpc) is 2.54. The van der Waals surface area contributed by atoms with Crippen molar-refractivity contribution >= 4 is 27.5 Å². The molecule has 1 atom stereocenters. The minimum Gasteiger partial charge on any atom is -0.295 e. The van der Waals surface area contributed by atoms with E-state index in [1.165, 1.54) is 31.2 Å². The van der Waals surface area contributed by atoms with Gasteiger partial charge in [-0.2, -0.15) is 0 Å². The lowest BCUT2D eigenvalue weighted by molar-refractivity contribution is 0.207. The lowest BCUT2D eigenvalue weighted by Gasteiger charge is -2.28. The van der Waals surface area contributed by atoms with Gasteiger partial charge in [-0.3, -0.25) is 9.88 Å². The maximum atomic E-state index is 6.08. The molecule has 4 heteroatoms. The van der Waals surface area contributed by atoms with Gasteiger partial charge in [-0.05, 0) is 46.9 Å². The van der Waals surface area contributed by atoms with Crippen molar-refractivity contribution in [1.29, 1.82) is 0 Å². The number of hydrogen-bond donors (Lipinski definition) is 0. The third-order valence-electron chi connectivity index (χ3n) is 3.32. The molecule has 1 aromatic heterocycles. The van der Waals surface area contributed by atoms with Crippen LogP contribution in [0.2, 0.25) is 0 Å². The Hall–Kier alpha value is -0.120. The van der Waals surface area contributed by atoms with E-state index in [0.717, 1.165) is 23.4 Å². The first-order valence-corrected chi connectivity index (χ1v) is 7.52. The maximum absolute atomic E-state index is 6.08. The summed E-state index contributed by atoms with van der Waals surface area (Å²) in [6.07, 6.45) is 8.93. The monoisotopic (exact) mass is 316 g/mol. The second-order valence-corrected chi connectivity index (χ2v) is 5.86. The van der Waals surface area contributed by atoms with E-state index in [0.29, 0.717) is 6.04 Å². The maximum Gasteiger partial charge on any atom is 0.0410 e. The molecule has 1 aliphatic rings. The summed E-state index contributed by atoms with van der Waals surface area (Å²) in [5, 5.41) is 0. The van der Waals surface area contributed by atoms with Crippen LogP contribution >= 0.6 is 27.5 Å². The molecule has 2 rings (SSSR count). The van der Waals surface area contributed by atoms with Gasteiger partial charge in [-0.25, -0.2) is 0 Å². The third kappa shape index (κ3) is 3.94. The predicted molar refractivity (Wildman–Crippen MR) is 75.3 cm³/mol.